The highest BCUT2D eigenvalue weighted by Gasteiger charge is 2.26. The maximum atomic E-state index is 5.60. The number of methoxy groups -OCH3 is 4. The first-order valence-corrected chi connectivity index (χ1v) is 7.99. The molecule has 0 amide bonds. The molecule has 0 aliphatic heterocycles. The van der Waals surface area contributed by atoms with Gasteiger partial charge in [-0.2, -0.15) is 0 Å². The van der Waals surface area contributed by atoms with Gasteiger partial charge in [0.05, 0.1) is 28.4 Å². The molecular formula is C20H26O4. The average molecular weight is 330 g/mol. The van der Waals surface area contributed by atoms with Gasteiger partial charge in [-0.05, 0) is 42.3 Å². The van der Waals surface area contributed by atoms with Crippen molar-refractivity contribution in [1.29, 1.82) is 0 Å². The van der Waals surface area contributed by atoms with Crippen molar-refractivity contribution >= 4 is 0 Å². The van der Waals surface area contributed by atoms with Gasteiger partial charge in [0.15, 0.2) is 0 Å². The van der Waals surface area contributed by atoms with Crippen LogP contribution in [0.2, 0.25) is 0 Å². The number of rotatable bonds is 7. The Balaban J connectivity index is 2.67. The lowest BCUT2D eigenvalue weighted by atomic mass is 9.81. The summed E-state index contributed by atoms with van der Waals surface area (Å²) >= 11 is 0. The van der Waals surface area contributed by atoms with E-state index in [4.69, 9.17) is 18.9 Å². The number of benzene rings is 2. The van der Waals surface area contributed by atoms with Gasteiger partial charge in [0.1, 0.15) is 23.0 Å². The minimum absolute atomic E-state index is 0.0834. The zero-order valence-electron chi connectivity index (χ0n) is 15.3. The van der Waals surface area contributed by atoms with E-state index in [0.717, 1.165) is 34.1 Å². The van der Waals surface area contributed by atoms with Gasteiger partial charge in [0.2, 0.25) is 0 Å². The molecule has 2 rings (SSSR count). The summed E-state index contributed by atoms with van der Waals surface area (Å²) < 4.78 is 22.0. The van der Waals surface area contributed by atoms with E-state index in [0.29, 0.717) is 5.92 Å². The molecule has 24 heavy (non-hydrogen) atoms. The van der Waals surface area contributed by atoms with E-state index in [1.165, 1.54) is 0 Å². The molecule has 2 aromatic rings. The number of ether oxygens (including phenoxy) is 4. The van der Waals surface area contributed by atoms with Gasteiger partial charge in [0.25, 0.3) is 0 Å². The Bertz CT molecular complexity index is 624. The fourth-order valence-corrected chi connectivity index (χ4v) is 3.05. The van der Waals surface area contributed by atoms with Crippen molar-refractivity contribution < 1.29 is 18.9 Å². The Morgan fingerprint density at radius 3 is 1.33 bits per heavy atom. The van der Waals surface area contributed by atoms with Gasteiger partial charge in [-0.15, -0.1) is 0 Å². The summed E-state index contributed by atoms with van der Waals surface area (Å²) in [6.45, 7) is 4.37. The van der Waals surface area contributed by atoms with Crippen LogP contribution in [0.5, 0.6) is 23.0 Å². The third-order valence-corrected chi connectivity index (χ3v) is 4.21. The maximum Gasteiger partial charge on any atom is 0.122 e. The van der Waals surface area contributed by atoms with Crippen molar-refractivity contribution in [3.8, 4) is 23.0 Å². The molecule has 2 aromatic carbocycles. The zero-order chi connectivity index (χ0) is 17.7. The van der Waals surface area contributed by atoms with E-state index in [2.05, 4.69) is 13.8 Å². The number of hydrogen-bond donors (Lipinski definition) is 0. The molecule has 0 unspecified atom stereocenters. The predicted molar refractivity (Wildman–Crippen MR) is 95.8 cm³/mol. The van der Waals surface area contributed by atoms with Crippen LogP contribution in [0, 0.1) is 5.92 Å². The summed E-state index contributed by atoms with van der Waals surface area (Å²) in [5.74, 6) is 3.68. The fourth-order valence-electron chi connectivity index (χ4n) is 3.05. The molecule has 0 N–H and O–H groups in total. The standard InChI is InChI=1S/C20H26O4/c1-13(2)20(16-11-14(21-3)7-9-18(16)23-5)17-12-15(22-4)8-10-19(17)24-6/h7-13,20H,1-6H3. The normalized spacial score (nSPS) is 10.8. The van der Waals surface area contributed by atoms with Crippen LogP contribution in [0.15, 0.2) is 36.4 Å². The van der Waals surface area contributed by atoms with Gasteiger partial charge in [-0.3, -0.25) is 0 Å². The van der Waals surface area contributed by atoms with Crippen molar-refractivity contribution in [2.24, 2.45) is 5.92 Å². The molecule has 0 spiro atoms. The van der Waals surface area contributed by atoms with Crippen molar-refractivity contribution in [3.05, 3.63) is 47.5 Å². The lowest BCUT2D eigenvalue weighted by Gasteiger charge is -2.26. The molecule has 0 aromatic heterocycles. The minimum atomic E-state index is 0.0834. The van der Waals surface area contributed by atoms with Gasteiger partial charge < -0.3 is 18.9 Å². The van der Waals surface area contributed by atoms with E-state index in [9.17, 15) is 0 Å². The summed E-state index contributed by atoms with van der Waals surface area (Å²) in [5.41, 5.74) is 2.14. The van der Waals surface area contributed by atoms with E-state index < -0.39 is 0 Å². The zero-order valence-corrected chi connectivity index (χ0v) is 15.3. The second-order valence-electron chi connectivity index (χ2n) is 5.94. The monoisotopic (exact) mass is 330 g/mol. The molecule has 0 radical (unpaired) electrons. The highest BCUT2D eigenvalue weighted by molar-refractivity contribution is 5.52. The first kappa shape index (κ1) is 18.0. The highest BCUT2D eigenvalue weighted by Crippen LogP contribution is 2.43. The second kappa shape index (κ2) is 7.95. The van der Waals surface area contributed by atoms with Crippen molar-refractivity contribution in [3.63, 3.8) is 0 Å². The van der Waals surface area contributed by atoms with Crippen LogP contribution < -0.4 is 18.9 Å². The Labute approximate surface area is 144 Å². The molecule has 130 valence electrons. The highest BCUT2D eigenvalue weighted by atomic mass is 16.5. The first-order valence-electron chi connectivity index (χ1n) is 7.99. The van der Waals surface area contributed by atoms with Gasteiger partial charge >= 0.3 is 0 Å². The van der Waals surface area contributed by atoms with Crippen LogP contribution in [0.1, 0.15) is 30.9 Å². The molecule has 0 saturated carbocycles. The Kier molecular flexibility index (Phi) is 5.96. The Morgan fingerprint density at radius 1 is 0.625 bits per heavy atom. The topological polar surface area (TPSA) is 36.9 Å². The lowest BCUT2D eigenvalue weighted by Crippen LogP contribution is -2.12. The lowest BCUT2D eigenvalue weighted by molar-refractivity contribution is 0.380. The fraction of sp³-hybridized carbons (Fsp3) is 0.400. The quantitative estimate of drug-likeness (QED) is 0.748. The summed E-state index contributed by atoms with van der Waals surface area (Å²) in [7, 11) is 6.71. The van der Waals surface area contributed by atoms with Gasteiger partial charge in [-0.25, -0.2) is 0 Å². The van der Waals surface area contributed by atoms with Crippen LogP contribution >= 0.6 is 0 Å². The summed E-state index contributed by atoms with van der Waals surface area (Å²) in [5, 5.41) is 0. The van der Waals surface area contributed by atoms with Crippen molar-refractivity contribution in [2.75, 3.05) is 28.4 Å². The Morgan fingerprint density at radius 2 is 1.04 bits per heavy atom. The second-order valence-corrected chi connectivity index (χ2v) is 5.94. The largest absolute Gasteiger partial charge is 0.497 e. The summed E-state index contributed by atoms with van der Waals surface area (Å²) in [6.07, 6.45) is 0. The Hall–Kier alpha value is -2.36. The summed E-state index contributed by atoms with van der Waals surface area (Å²) in [4.78, 5) is 0. The molecule has 4 heteroatoms. The summed E-state index contributed by atoms with van der Waals surface area (Å²) in [6, 6.07) is 11.8. The number of hydrogen-bond acceptors (Lipinski definition) is 4. The predicted octanol–water partition coefficient (Wildman–Crippen LogP) is 4.51. The van der Waals surface area contributed by atoms with E-state index >= 15 is 0 Å². The van der Waals surface area contributed by atoms with Crippen LogP contribution in [-0.2, 0) is 0 Å². The van der Waals surface area contributed by atoms with E-state index in [1.807, 2.05) is 36.4 Å². The molecule has 0 aliphatic rings. The molecule has 0 bridgehead atoms. The van der Waals surface area contributed by atoms with E-state index in [1.54, 1.807) is 28.4 Å². The van der Waals surface area contributed by atoms with Gasteiger partial charge in [-0.1, -0.05) is 13.8 Å². The maximum absolute atomic E-state index is 5.60. The van der Waals surface area contributed by atoms with Crippen LogP contribution in [0.25, 0.3) is 0 Å². The van der Waals surface area contributed by atoms with E-state index in [-0.39, 0.29) is 5.92 Å². The molecule has 0 heterocycles. The molecule has 4 nitrogen and oxygen atoms in total. The average Bonchev–Trinajstić information content (AvgIpc) is 2.61. The van der Waals surface area contributed by atoms with Crippen LogP contribution in [-0.4, -0.2) is 28.4 Å². The third-order valence-electron chi connectivity index (χ3n) is 4.21. The minimum Gasteiger partial charge on any atom is -0.497 e. The van der Waals surface area contributed by atoms with Crippen LogP contribution in [0.3, 0.4) is 0 Å². The van der Waals surface area contributed by atoms with Crippen molar-refractivity contribution in [1.82, 2.24) is 0 Å². The van der Waals surface area contributed by atoms with Gasteiger partial charge in [0, 0.05) is 17.0 Å². The third kappa shape index (κ3) is 3.58. The smallest absolute Gasteiger partial charge is 0.122 e. The molecule has 0 saturated heterocycles. The first-order chi connectivity index (χ1) is 11.5. The SMILES string of the molecule is COc1ccc(OC)c(C(c2cc(OC)ccc2OC)C(C)C)c1. The van der Waals surface area contributed by atoms with Crippen LogP contribution in [0.4, 0.5) is 0 Å². The molecule has 0 atom stereocenters. The van der Waals surface area contributed by atoms with Crippen molar-refractivity contribution in [2.45, 2.75) is 19.8 Å². The molecule has 0 aliphatic carbocycles. The molecular weight excluding hydrogens is 304 g/mol. The molecule has 0 fully saturated rings.